The molecular weight excluding hydrogens is 281 g/mol. The fraction of sp³-hybridized carbons (Fsp3) is 0.0769. The highest BCUT2D eigenvalue weighted by Crippen LogP contribution is 2.24. The van der Waals surface area contributed by atoms with Crippen LogP contribution in [-0.2, 0) is 16.6 Å². The van der Waals surface area contributed by atoms with E-state index in [1.807, 2.05) is 12.1 Å². The Kier molecular flexibility index (Phi) is 4.03. The second-order valence-corrected chi connectivity index (χ2v) is 5.73. The molecule has 0 spiro atoms. The maximum absolute atomic E-state index is 13.9. The van der Waals surface area contributed by atoms with Crippen molar-refractivity contribution < 1.29 is 12.8 Å². The summed E-state index contributed by atoms with van der Waals surface area (Å²) in [6, 6.07) is 10.6. The lowest BCUT2D eigenvalue weighted by Gasteiger charge is -2.12. The van der Waals surface area contributed by atoms with E-state index < -0.39 is 15.8 Å². The SMILES string of the molecule is NCc1ccccc1Nc1ccc(S(N)(=O)=O)cc1F. The molecule has 106 valence electrons. The molecule has 0 bridgehead atoms. The third kappa shape index (κ3) is 3.13. The van der Waals surface area contributed by atoms with E-state index in [9.17, 15) is 12.8 Å². The number of anilines is 2. The van der Waals surface area contributed by atoms with Crippen LogP contribution < -0.4 is 16.2 Å². The smallest absolute Gasteiger partial charge is 0.238 e. The Labute approximate surface area is 116 Å². The molecule has 0 heterocycles. The van der Waals surface area contributed by atoms with Gasteiger partial charge in [0.15, 0.2) is 0 Å². The zero-order chi connectivity index (χ0) is 14.8. The number of halogens is 1. The van der Waals surface area contributed by atoms with Crippen LogP contribution >= 0.6 is 0 Å². The molecule has 0 fully saturated rings. The first kappa shape index (κ1) is 14.4. The van der Waals surface area contributed by atoms with E-state index in [0.717, 1.165) is 11.6 Å². The zero-order valence-electron chi connectivity index (χ0n) is 10.5. The second-order valence-electron chi connectivity index (χ2n) is 4.17. The maximum atomic E-state index is 13.9. The average Bonchev–Trinajstić information content (AvgIpc) is 2.40. The first-order valence-corrected chi connectivity index (χ1v) is 7.34. The van der Waals surface area contributed by atoms with Crippen LogP contribution in [0.1, 0.15) is 5.56 Å². The molecule has 5 nitrogen and oxygen atoms in total. The monoisotopic (exact) mass is 295 g/mol. The van der Waals surface area contributed by atoms with E-state index >= 15 is 0 Å². The van der Waals surface area contributed by atoms with Gasteiger partial charge in [-0.25, -0.2) is 17.9 Å². The zero-order valence-corrected chi connectivity index (χ0v) is 11.3. The summed E-state index contributed by atoms with van der Waals surface area (Å²) in [5, 5.41) is 7.82. The number of hydrogen-bond acceptors (Lipinski definition) is 4. The van der Waals surface area contributed by atoms with E-state index in [-0.39, 0.29) is 10.6 Å². The van der Waals surface area contributed by atoms with E-state index in [0.29, 0.717) is 12.2 Å². The first-order valence-electron chi connectivity index (χ1n) is 5.79. The minimum absolute atomic E-state index is 0.151. The van der Waals surface area contributed by atoms with Crippen molar-refractivity contribution in [2.24, 2.45) is 10.9 Å². The van der Waals surface area contributed by atoms with Crippen molar-refractivity contribution in [1.29, 1.82) is 0 Å². The van der Waals surface area contributed by atoms with Gasteiger partial charge in [-0.15, -0.1) is 0 Å². The van der Waals surface area contributed by atoms with Crippen LogP contribution in [0.5, 0.6) is 0 Å². The minimum Gasteiger partial charge on any atom is -0.353 e. The number of hydrogen-bond donors (Lipinski definition) is 3. The lowest BCUT2D eigenvalue weighted by Crippen LogP contribution is -2.12. The standard InChI is InChI=1S/C13H14FN3O2S/c14-11-7-10(20(16,18)19)5-6-13(11)17-12-4-2-1-3-9(12)8-15/h1-7,17H,8,15H2,(H2,16,18,19). The van der Waals surface area contributed by atoms with E-state index in [1.165, 1.54) is 12.1 Å². The molecule has 0 amide bonds. The van der Waals surface area contributed by atoms with Crippen molar-refractivity contribution in [1.82, 2.24) is 0 Å². The molecule has 2 aromatic rings. The third-order valence-corrected chi connectivity index (χ3v) is 3.69. The highest BCUT2D eigenvalue weighted by atomic mass is 32.2. The van der Waals surface area contributed by atoms with Crippen molar-refractivity contribution in [3.05, 3.63) is 53.8 Å². The number of para-hydroxylation sites is 1. The first-order chi connectivity index (χ1) is 9.41. The molecule has 0 aliphatic carbocycles. The fourth-order valence-electron chi connectivity index (χ4n) is 1.74. The largest absolute Gasteiger partial charge is 0.353 e. The third-order valence-electron chi connectivity index (χ3n) is 2.78. The number of primary sulfonamides is 1. The molecule has 0 aliphatic rings. The van der Waals surface area contributed by atoms with Gasteiger partial charge in [-0.05, 0) is 29.8 Å². The molecule has 0 radical (unpaired) electrons. The molecule has 0 saturated carbocycles. The topological polar surface area (TPSA) is 98.2 Å². The predicted molar refractivity (Wildman–Crippen MR) is 75.4 cm³/mol. The van der Waals surface area contributed by atoms with Gasteiger partial charge in [-0.3, -0.25) is 0 Å². The normalized spacial score (nSPS) is 11.3. The Morgan fingerprint density at radius 3 is 2.40 bits per heavy atom. The molecule has 0 saturated heterocycles. The summed E-state index contributed by atoms with van der Waals surface area (Å²) in [5.74, 6) is -0.705. The summed E-state index contributed by atoms with van der Waals surface area (Å²) in [6.45, 7) is 0.306. The quantitative estimate of drug-likeness (QED) is 0.799. The Hall–Kier alpha value is -1.96. The Balaban J connectivity index is 2.35. The Bertz CT molecular complexity index is 732. The van der Waals surface area contributed by atoms with Crippen molar-refractivity contribution in [3.63, 3.8) is 0 Å². The van der Waals surface area contributed by atoms with Crippen molar-refractivity contribution in [3.8, 4) is 0 Å². The Morgan fingerprint density at radius 1 is 1.10 bits per heavy atom. The van der Waals surface area contributed by atoms with Crippen LogP contribution in [0.4, 0.5) is 15.8 Å². The molecule has 20 heavy (non-hydrogen) atoms. The van der Waals surface area contributed by atoms with Gasteiger partial charge in [0.05, 0.1) is 10.6 Å². The van der Waals surface area contributed by atoms with Gasteiger partial charge in [0.25, 0.3) is 0 Å². The van der Waals surface area contributed by atoms with Crippen molar-refractivity contribution in [2.45, 2.75) is 11.4 Å². The van der Waals surface area contributed by atoms with Crippen molar-refractivity contribution in [2.75, 3.05) is 5.32 Å². The van der Waals surface area contributed by atoms with Gasteiger partial charge in [0.1, 0.15) is 5.82 Å². The van der Waals surface area contributed by atoms with Gasteiger partial charge in [-0.1, -0.05) is 18.2 Å². The van der Waals surface area contributed by atoms with E-state index in [2.05, 4.69) is 5.32 Å². The molecule has 2 aromatic carbocycles. The minimum atomic E-state index is -3.92. The van der Waals surface area contributed by atoms with Gasteiger partial charge in [0.2, 0.25) is 10.0 Å². The number of rotatable bonds is 4. The van der Waals surface area contributed by atoms with Crippen LogP contribution in [0.25, 0.3) is 0 Å². The summed E-state index contributed by atoms with van der Waals surface area (Å²) in [5.41, 5.74) is 7.23. The van der Waals surface area contributed by atoms with E-state index in [4.69, 9.17) is 10.9 Å². The molecule has 0 aliphatic heterocycles. The van der Waals surface area contributed by atoms with Crippen molar-refractivity contribution >= 4 is 21.4 Å². The summed E-state index contributed by atoms with van der Waals surface area (Å²) in [6.07, 6.45) is 0. The van der Waals surface area contributed by atoms with Crippen LogP contribution in [0.15, 0.2) is 47.4 Å². The van der Waals surface area contributed by atoms with Gasteiger partial charge >= 0.3 is 0 Å². The molecule has 7 heteroatoms. The number of sulfonamides is 1. The second kappa shape index (κ2) is 5.58. The average molecular weight is 295 g/mol. The van der Waals surface area contributed by atoms with Gasteiger partial charge in [0, 0.05) is 12.2 Å². The predicted octanol–water partition coefficient (Wildman–Crippen LogP) is 1.68. The van der Waals surface area contributed by atoms with Crippen LogP contribution in [0, 0.1) is 5.82 Å². The molecule has 0 aromatic heterocycles. The highest BCUT2D eigenvalue weighted by molar-refractivity contribution is 7.89. The summed E-state index contributed by atoms with van der Waals surface area (Å²) in [4.78, 5) is -0.271. The number of benzene rings is 2. The van der Waals surface area contributed by atoms with Gasteiger partial charge in [-0.2, -0.15) is 0 Å². The molecule has 0 unspecified atom stereocenters. The van der Waals surface area contributed by atoms with E-state index in [1.54, 1.807) is 12.1 Å². The molecule has 2 rings (SSSR count). The van der Waals surface area contributed by atoms with Crippen LogP contribution in [0.3, 0.4) is 0 Å². The van der Waals surface area contributed by atoms with Crippen LogP contribution in [0.2, 0.25) is 0 Å². The van der Waals surface area contributed by atoms with Crippen LogP contribution in [-0.4, -0.2) is 8.42 Å². The molecule has 0 atom stereocenters. The lowest BCUT2D eigenvalue weighted by atomic mass is 10.1. The summed E-state index contributed by atoms with van der Waals surface area (Å²) in [7, 11) is -3.92. The molecule has 5 N–H and O–H groups in total. The summed E-state index contributed by atoms with van der Waals surface area (Å²) < 4.78 is 36.1. The van der Waals surface area contributed by atoms with Gasteiger partial charge < -0.3 is 11.1 Å². The Morgan fingerprint density at radius 2 is 1.80 bits per heavy atom. The molecular formula is C13H14FN3O2S. The number of nitrogens with two attached hydrogens (primary N) is 2. The number of nitrogens with one attached hydrogen (secondary N) is 1. The highest BCUT2D eigenvalue weighted by Gasteiger charge is 2.12. The maximum Gasteiger partial charge on any atom is 0.238 e. The lowest BCUT2D eigenvalue weighted by molar-refractivity contribution is 0.593. The fourth-order valence-corrected chi connectivity index (χ4v) is 2.26. The summed E-state index contributed by atoms with van der Waals surface area (Å²) >= 11 is 0.